The summed E-state index contributed by atoms with van der Waals surface area (Å²) in [6, 6.07) is 8.18. The van der Waals surface area contributed by atoms with Gasteiger partial charge in [0.15, 0.2) is 0 Å². The maximum atomic E-state index is 5.94. The molecule has 0 amide bonds. The molecule has 1 atom stereocenters. The number of hydrogen-bond donors (Lipinski definition) is 1. The van der Waals surface area contributed by atoms with Crippen LogP contribution in [0.15, 0.2) is 24.3 Å². The smallest absolute Gasteiger partial charge is 0.0407 e. The monoisotopic (exact) mass is 252 g/mol. The Morgan fingerprint density at radius 2 is 2.00 bits per heavy atom. The summed E-state index contributed by atoms with van der Waals surface area (Å²) in [6.45, 7) is 6.87. The van der Waals surface area contributed by atoms with Crippen LogP contribution in [0.4, 0.5) is 5.69 Å². The topological polar surface area (TPSA) is 15.3 Å². The Hall–Kier alpha value is -0.730. The second kappa shape index (κ2) is 4.87. The van der Waals surface area contributed by atoms with Crippen molar-refractivity contribution in [1.29, 1.82) is 0 Å². The molecule has 0 aromatic heterocycles. The van der Waals surface area contributed by atoms with Gasteiger partial charge in [0.1, 0.15) is 0 Å². The Morgan fingerprint density at radius 1 is 1.35 bits per heavy atom. The van der Waals surface area contributed by atoms with E-state index in [1.165, 1.54) is 12.1 Å². The normalized spacial score (nSPS) is 23.1. The van der Waals surface area contributed by atoms with Crippen LogP contribution in [-0.2, 0) is 0 Å². The Balaban J connectivity index is 2.20. The van der Waals surface area contributed by atoms with Crippen molar-refractivity contribution >= 4 is 17.3 Å². The van der Waals surface area contributed by atoms with Crippen LogP contribution in [0, 0.1) is 5.92 Å². The highest BCUT2D eigenvalue weighted by Gasteiger charge is 2.40. The minimum Gasteiger partial charge on any atom is -0.366 e. The lowest BCUT2D eigenvalue weighted by atomic mass is 9.88. The highest BCUT2D eigenvalue weighted by molar-refractivity contribution is 6.30. The minimum absolute atomic E-state index is 0.205. The van der Waals surface area contributed by atoms with Gasteiger partial charge in [0, 0.05) is 22.8 Å². The highest BCUT2D eigenvalue weighted by Crippen LogP contribution is 2.38. The summed E-state index contributed by atoms with van der Waals surface area (Å²) in [7, 11) is 2.03. The van der Waals surface area contributed by atoms with Crippen molar-refractivity contribution in [2.24, 2.45) is 5.92 Å². The van der Waals surface area contributed by atoms with Gasteiger partial charge in [-0.1, -0.05) is 11.6 Å². The molecule has 1 fully saturated rings. The van der Waals surface area contributed by atoms with Crippen LogP contribution >= 0.6 is 11.6 Å². The molecule has 0 spiro atoms. The van der Waals surface area contributed by atoms with E-state index in [4.69, 9.17) is 11.6 Å². The van der Waals surface area contributed by atoms with E-state index in [1.54, 1.807) is 0 Å². The van der Waals surface area contributed by atoms with E-state index in [0.29, 0.717) is 5.92 Å². The van der Waals surface area contributed by atoms with Crippen LogP contribution in [0.25, 0.3) is 0 Å². The van der Waals surface area contributed by atoms with E-state index in [0.717, 1.165) is 18.1 Å². The SMILES string of the molecule is CNCC1CCN(c2ccc(Cl)cc2)C1(C)C. The number of nitrogens with one attached hydrogen (secondary N) is 1. The fourth-order valence-corrected chi connectivity index (χ4v) is 2.95. The molecule has 0 saturated carbocycles. The summed E-state index contributed by atoms with van der Waals surface area (Å²) in [5.41, 5.74) is 1.48. The van der Waals surface area contributed by atoms with Crippen molar-refractivity contribution in [3.8, 4) is 0 Å². The Labute approximate surface area is 109 Å². The molecule has 1 aliphatic rings. The fraction of sp³-hybridized carbons (Fsp3) is 0.571. The summed E-state index contributed by atoms with van der Waals surface area (Å²) in [6.07, 6.45) is 1.25. The van der Waals surface area contributed by atoms with E-state index in [1.807, 2.05) is 19.2 Å². The zero-order chi connectivity index (χ0) is 12.5. The van der Waals surface area contributed by atoms with Gasteiger partial charge >= 0.3 is 0 Å². The van der Waals surface area contributed by atoms with Gasteiger partial charge in [0.2, 0.25) is 0 Å². The number of hydrogen-bond acceptors (Lipinski definition) is 2. The summed E-state index contributed by atoms with van der Waals surface area (Å²) in [4.78, 5) is 2.49. The second-order valence-corrected chi connectivity index (χ2v) is 5.76. The maximum Gasteiger partial charge on any atom is 0.0407 e. The molecule has 94 valence electrons. The van der Waals surface area contributed by atoms with Crippen LogP contribution in [0.5, 0.6) is 0 Å². The summed E-state index contributed by atoms with van der Waals surface area (Å²) >= 11 is 5.94. The van der Waals surface area contributed by atoms with Crippen LogP contribution in [0.1, 0.15) is 20.3 Å². The maximum absolute atomic E-state index is 5.94. The molecule has 3 heteroatoms. The van der Waals surface area contributed by atoms with E-state index >= 15 is 0 Å². The number of anilines is 1. The van der Waals surface area contributed by atoms with E-state index in [9.17, 15) is 0 Å². The second-order valence-electron chi connectivity index (χ2n) is 5.32. The molecular formula is C14H21ClN2. The molecule has 0 bridgehead atoms. The van der Waals surface area contributed by atoms with Crippen molar-refractivity contribution in [2.45, 2.75) is 25.8 Å². The zero-order valence-corrected chi connectivity index (χ0v) is 11.6. The predicted octanol–water partition coefficient (Wildman–Crippen LogP) is 3.16. The first-order chi connectivity index (χ1) is 8.05. The third-order valence-electron chi connectivity index (χ3n) is 3.98. The van der Waals surface area contributed by atoms with Crippen LogP contribution < -0.4 is 10.2 Å². The van der Waals surface area contributed by atoms with Crippen LogP contribution in [-0.4, -0.2) is 25.7 Å². The van der Waals surface area contributed by atoms with Gasteiger partial charge in [-0.2, -0.15) is 0 Å². The zero-order valence-electron chi connectivity index (χ0n) is 10.8. The minimum atomic E-state index is 0.205. The Morgan fingerprint density at radius 3 is 2.59 bits per heavy atom. The molecule has 1 saturated heterocycles. The lowest BCUT2D eigenvalue weighted by Crippen LogP contribution is -2.45. The molecule has 1 heterocycles. The quantitative estimate of drug-likeness (QED) is 0.889. The average Bonchev–Trinajstić information content (AvgIpc) is 2.57. The van der Waals surface area contributed by atoms with E-state index < -0.39 is 0 Å². The standard InChI is InChI=1S/C14H21ClN2/c1-14(2)11(10-16-3)8-9-17(14)13-6-4-12(15)5-7-13/h4-7,11,16H,8-10H2,1-3H3. The highest BCUT2D eigenvalue weighted by atomic mass is 35.5. The van der Waals surface area contributed by atoms with Gasteiger partial charge in [0.25, 0.3) is 0 Å². The van der Waals surface area contributed by atoms with Crippen LogP contribution in [0.3, 0.4) is 0 Å². The van der Waals surface area contributed by atoms with Crippen molar-refractivity contribution in [3.63, 3.8) is 0 Å². The van der Waals surface area contributed by atoms with Gasteiger partial charge in [-0.3, -0.25) is 0 Å². The van der Waals surface area contributed by atoms with Crippen molar-refractivity contribution in [1.82, 2.24) is 5.32 Å². The molecule has 0 radical (unpaired) electrons. The number of benzene rings is 1. The molecule has 1 N–H and O–H groups in total. The Bertz CT molecular complexity index is 372. The number of halogens is 1. The molecule has 1 aromatic rings. The first-order valence-electron chi connectivity index (χ1n) is 6.23. The van der Waals surface area contributed by atoms with Gasteiger partial charge in [-0.25, -0.2) is 0 Å². The third-order valence-corrected chi connectivity index (χ3v) is 4.24. The molecule has 0 aliphatic carbocycles. The third kappa shape index (κ3) is 2.43. The molecule has 2 nitrogen and oxygen atoms in total. The molecule has 1 aliphatic heterocycles. The van der Waals surface area contributed by atoms with Gasteiger partial charge in [-0.15, -0.1) is 0 Å². The van der Waals surface area contributed by atoms with Crippen molar-refractivity contribution in [2.75, 3.05) is 25.0 Å². The molecule has 1 aromatic carbocycles. The first kappa shape index (κ1) is 12.7. The molecule has 17 heavy (non-hydrogen) atoms. The summed E-state index contributed by atoms with van der Waals surface area (Å²) in [5, 5.41) is 4.10. The summed E-state index contributed by atoms with van der Waals surface area (Å²) < 4.78 is 0. The van der Waals surface area contributed by atoms with Crippen molar-refractivity contribution < 1.29 is 0 Å². The Kier molecular flexibility index (Phi) is 3.64. The predicted molar refractivity (Wildman–Crippen MR) is 74.9 cm³/mol. The largest absolute Gasteiger partial charge is 0.366 e. The first-order valence-corrected chi connectivity index (χ1v) is 6.61. The molecule has 1 unspecified atom stereocenters. The number of nitrogens with zero attached hydrogens (tertiary/aromatic N) is 1. The van der Waals surface area contributed by atoms with Gasteiger partial charge < -0.3 is 10.2 Å². The lowest BCUT2D eigenvalue weighted by Gasteiger charge is -2.37. The van der Waals surface area contributed by atoms with Crippen molar-refractivity contribution in [3.05, 3.63) is 29.3 Å². The lowest BCUT2D eigenvalue weighted by molar-refractivity contribution is 0.356. The van der Waals surface area contributed by atoms with Gasteiger partial charge in [0.05, 0.1) is 0 Å². The van der Waals surface area contributed by atoms with Gasteiger partial charge in [-0.05, 0) is 64.0 Å². The van der Waals surface area contributed by atoms with Crippen LogP contribution in [0.2, 0.25) is 5.02 Å². The average molecular weight is 253 g/mol. The van der Waals surface area contributed by atoms with E-state index in [-0.39, 0.29) is 5.54 Å². The number of rotatable bonds is 3. The molecule has 2 rings (SSSR count). The fourth-order valence-electron chi connectivity index (χ4n) is 2.83. The van der Waals surface area contributed by atoms with E-state index in [2.05, 4.69) is 36.2 Å². The molecular weight excluding hydrogens is 232 g/mol. The summed E-state index contributed by atoms with van der Waals surface area (Å²) in [5.74, 6) is 0.697.